The summed E-state index contributed by atoms with van der Waals surface area (Å²) in [4.78, 5) is 18.5. The summed E-state index contributed by atoms with van der Waals surface area (Å²) in [6, 6.07) is 1.40. The average Bonchev–Trinajstić information content (AvgIpc) is 2.65. The summed E-state index contributed by atoms with van der Waals surface area (Å²) in [6.45, 7) is 4.43. The molecule has 1 aliphatic rings. The Kier molecular flexibility index (Phi) is 3.93. The Morgan fingerprint density at radius 2 is 2.26 bits per heavy atom. The molecule has 1 atom stereocenters. The number of aromatic amines is 1. The van der Waals surface area contributed by atoms with Crippen LogP contribution in [0, 0.1) is 5.92 Å². The van der Waals surface area contributed by atoms with Gasteiger partial charge in [0.2, 0.25) is 0 Å². The fourth-order valence-corrected chi connectivity index (χ4v) is 3.98. The molecule has 1 aromatic rings. The standard InChI is InChI=1S/C12H19N3O3S/c1-8(2)12-14-10(5-11(16)15-12)13-6-9-3-4-19(17,18)7-9/h5,8-9H,3-4,6-7H2,1-2H3,(H2,13,14,15,16). The molecule has 0 bridgehead atoms. The normalized spacial score (nSPS) is 21.7. The SMILES string of the molecule is CC(C)c1nc(NCC2CCS(=O)(=O)C2)cc(=O)[nH]1. The quantitative estimate of drug-likeness (QED) is 0.851. The van der Waals surface area contributed by atoms with Gasteiger partial charge in [0.05, 0.1) is 11.5 Å². The van der Waals surface area contributed by atoms with Gasteiger partial charge in [-0.15, -0.1) is 0 Å². The van der Waals surface area contributed by atoms with Crippen molar-refractivity contribution in [3.63, 3.8) is 0 Å². The molecule has 19 heavy (non-hydrogen) atoms. The predicted octanol–water partition coefficient (Wildman–Crippen LogP) is 0.740. The summed E-state index contributed by atoms with van der Waals surface area (Å²) in [5.41, 5.74) is -0.194. The van der Waals surface area contributed by atoms with Gasteiger partial charge in [-0.05, 0) is 12.3 Å². The van der Waals surface area contributed by atoms with Crippen LogP contribution in [0.15, 0.2) is 10.9 Å². The van der Waals surface area contributed by atoms with E-state index in [4.69, 9.17) is 0 Å². The molecule has 0 saturated carbocycles. The Bertz CT molecular complexity index is 607. The molecule has 1 unspecified atom stereocenters. The van der Waals surface area contributed by atoms with Gasteiger partial charge in [0.1, 0.15) is 11.6 Å². The summed E-state index contributed by atoms with van der Waals surface area (Å²) in [5, 5.41) is 3.06. The molecule has 0 aliphatic carbocycles. The van der Waals surface area contributed by atoms with Crippen LogP contribution in [0.5, 0.6) is 0 Å². The summed E-state index contributed by atoms with van der Waals surface area (Å²) >= 11 is 0. The molecule has 0 aromatic carbocycles. The Hall–Kier alpha value is -1.37. The number of rotatable bonds is 4. The van der Waals surface area contributed by atoms with Crippen molar-refractivity contribution >= 4 is 15.7 Å². The van der Waals surface area contributed by atoms with Gasteiger partial charge in [0.15, 0.2) is 9.84 Å². The third-order valence-corrected chi connectivity index (χ3v) is 5.04. The zero-order valence-electron chi connectivity index (χ0n) is 11.1. The highest BCUT2D eigenvalue weighted by atomic mass is 32.2. The summed E-state index contributed by atoms with van der Waals surface area (Å²) in [6.07, 6.45) is 0.676. The molecule has 0 spiro atoms. The lowest BCUT2D eigenvalue weighted by atomic mass is 10.1. The largest absolute Gasteiger partial charge is 0.370 e. The van der Waals surface area contributed by atoms with E-state index in [0.717, 1.165) is 0 Å². The fourth-order valence-electron chi connectivity index (χ4n) is 2.12. The smallest absolute Gasteiger partial charge is 0.252 e. The van der Waals surface area contributed by atoms with E-state index in [-0.39, 0.29) is 28.9 Å². The van der Waals surface area contributed by atoms with Gasteiger partial charge in [0, 0.05) is 18.5 Å². The molecule has 1 fully saturated rings. The van der Waals surface area contributed by atoms with E-state index in [9.17, 15) is 13.2 Å². The molecule has 2 heterocycles. The second-order valence-corrected chi connectivity index (χ2v) is 7.55. The second-order valence-electron chi connectivity index (χ2n) is 5.32. The van der Waals surface area contributed by atoms with Crippen LogP contribution >= 0.6 is 0 Å². The maximum Gasteiger partial charge on any atom is 0.252 e. The van der Waals surface area contributed by atoms with Crippen molar-refractivity contribution in [2.24, 2.45) is 5.92 Å². The zero-order valence-corrected chi connectivity index (χ0v) is 12.0. The van der Waals surface area contributed by atoms with E-state index >= 15 is 0 Å². The van der Waals surface area contributed by atoms with Crippen molar-refractivity contribution in [2.45, 2.75) is 26.2 Å². The molecule has 1 saturated heterocycles. The first kappa shape index (κ1) is 14.0. The minimum Gasteiger partial charge on any atom is -0.370 e. The van der Waals surface area contributed by atoms with Crippen LogP contribution in [0.2, 0.25) is 0 Å². The highest BCUT2D eigenvalue weighted by Crippen LogP contribution is 2.18. The van der Waals surface area contributed by atoms with Crippen molar-refractivity contribution < 1.29 is 8.42 Å². The van der Waals surface area contributed by atoms with Crippen LogP contribution in [0.3, 0.4) is 0 Å². The third-order valence-electron chi connectivity index (χ3n) is 3.21. The van der Waals surface area contributed by atoms with Crippen LogP contribution in [-0.2, 0) is 9.84 Å². The molecular formula is C12H19N3O3S. The lowest BCUT2D eigenvalue weighted by molar-refractivity contribution is 0.595. The number of nitrogens with zero attached hydrogens (tertiary/aromatic N) is 1. The van der Waals surface area contributed by atoms with E-state index in [0.29, 0.717) is 24.6 Å². The highest BCUT2D eigenvalue weighted by molar-refractivity contribution is 7.91. The summed E-state index contributed by atoms with van der Waals surface area (Å²) in [5.74, 6) is 1.88. The number of nitrogens with one attached hydrogen (secondary N) is 2. The van der Waals surface area contributed by atoms with Crippen molar-refractivity contribution in [3.05, 3.63) is 22.2 Å². The molecule has 1 aliphatic heterocycles. The van der Waals surface area contributed by atoms with Gasteiger partial charge in [-0.25, -0.2) is 13.4 Å². The molecule has 6 nitrogen and oxygen atoms in total. The first-order valence-corrected chi connectivity index (χ1v) is 8.23. The third kappa shape index (κ3) is 3.79. The Morgan fingerprint density at radius 1 is 1.53 bits per heavy atom. The maximum atomic E-state index is 11.5. The van der Waals surface area contributed by atoms with E-state index in [1.165, 1.54) is 6.07 Å². The lowest BCUT2D eigenvalue weighted by Crippen LogP contribution is -2.19. The van der Waals surface area contributed by atoms with Crippen molar-refractivity contribution in [1.82, 2.24) is 9.97 Å². The summed E-state index contributed by atoms with van der Waals surface area (Å²) < 4.78 is 22.7. The van der Waals surface area contributed by atoms with Gasteiger partial charge in [-0.3, -0.25) is 4.79 Å². The van der Waals surface area contributed by atoms with Crippen molar-refractivity contribution in [2.75, 3.05) is 23.4 Å². The molecular weight excluding hydrogens is 266 g/mol. The van der Waals surface area contributed by atoms with E-state index in [1.807, 2.05) is 13.8 Å². The number of hydrogen-bond acceptors (Lipinski definition) is 5. The van der Waals surface area contributed by atoms with E-state index in [2.05, 4.69) is 15.3 Å². The van der Waals surface area contributed by atoms with Gasteiger partial charge in [0.25, 0.3) is 5.56 Å². The van der Waals surface area contributed by atoms with E-state index in [1.54, 1.807) is 0 Å². The first-order valence-electron chi connectivity index (χ1n) is 6.41. The summed E-state index contributed by atoms with van der Waals surface area (Å²) in [7, 11) is -2.86. The average molecular weight is 285 g/mol. The lowest BCUT2D eigenvalue weighted by Gasteiger charge is -2.11. The molecule has 0 amide bonds. The first-order chi connectivity index (χ1) is 8.85. The van der Waals surface area contributed by atoms with Crippen LogP contribution in [0.1, 0.15) is 32.0 Å². The number of aromatic nitrogens is 2. The fraction of sp³-hybridized carbons (Fsp3) is 0.667. The maximum absolute atomic E-state index is 11.5. The van der Waals surface area contributed by atoms with E-state index < -0.39 is 9.84 Å². The number of hydrogen-bond donors (Lipinski definition) is 2. The van der Waals surface area contributed by atoms with Crippen molar-refractivity contribution in [3.8, 4) is 0 Å². The monoisotopic (exact) mass is 285 g/mol. The molecule has 2 N–H and O–H groups in total. The number of H-pyrrole nitrogens is 1. The van der Waals surface area contributed by atoms with Gasteiger partial charge in [-0.1, -0.05) is 13.8 Å². The van der Waals surface area contributed by atoms with Crippen LogP contribution < -0.4 is 10.9 Å². The Balaban J connectivity index is 2.02. The van der Waals surface area contributed by atoms with Gasteiger partial charge < -0.3 is 10.3 Å². The number of sulfone groups is 1. The minimum atomic E-state index is -2.86. The van der Waals surface area contributed by atoms with Crippen LogP contribution in [0.25, 0.3) is 0 Å². The Labute approximate surface area is 112 Å². The van der Waals surface area contributed by atoms with Gasteiger partial charge >= 0.3 is 0 Å². The van der Waals surface area contributed by atoms with Crippen molar-refractivity contribution in [1.29, 1.82) is 0 Å². The minimum absolute atomic E-state index is 0.105. The predicted molar refractivity (Wildman–Crippen MR) is 74.2 cm³/mol. The number of anilines is 1. The van der Waals surface area contributed by atoms with Crippen LogP contribution in [0.4, 0.5) is 5.82 Å². The van der Waals surface area contributed by atoms with Crippen LogP contribution in [-0.4, -0.2) is 36.4 Å². The molecule has 1 aromatic heterocycles. The highest BCUT2D eigenvalue weighted by Gasteiger charge is 2.27. The van der Waals surface area contributed by atoms with Gasteiger partial charge in [-0.2, -0.15) is 0 Å². The topological polar surface area (TPSA) is 91.9 Å². The zero-order chi connectivity index (χ0) is 14.0. The molecule has 0 radical (unpaired) electrons. The molecule has 106 valence electrons. The molecule has 7 heteroatoms. The molecule has 2 rings (SSSR count). The Morgan fingerprint density at radius 3 is 2.84 bits per heavy atom. The second kappa shape index (κ2) is 5.32.